The number of carbonyl (C=O) groups is 1. The second-order valence-electron chi connectivity index (χ2n) is 4.46. The number of nitrogens with zero attached hydrogens (tertiary/aromatic N) is 1. The molecule has 0 aliphatic heterocycles. The summed E-state index contributed by atoms with van der Waals surface area (Å²) in [6, 6.07) is 12.2. The molecule has 1 unspecified atom stereocenters. The summed E-state index contributed by atoms with van der Waals surface area (Å²) < 4.78 is 24.3. The van der Waals surface area contributed by atoms with Crippen molar-refractivity contribution < 1.29 is 18.7 Å². The molecule has 0 aliphatic carbocycles. The summed E-state index contributed by atoms with van der Waals surface area (Å²) in [7, 11) is 0. The van der Waals surface area contributed by atoms with Gasteiger partial charge in [0.15, 0.2) is 6.10 Å². The smallest absolute Gasteiger partial charge is 0.258 e. The number of carbonyl (C=O) groups excluding carboxylic acids is 1. The van der Waals surface area contributed by atoms with E-state index in [9.17, 15) is 9.18 Å². The summed E-state index contributed by atoms with van der Waals surface area (Å²) in [5.74, 6) is -0.241. The third-order valence-electron chi connectivity index (χ3n) is 2.85. The number of nitriles is 1. The molecule has 0 fully saturated rings. The van der Waals surface area contributed by atoms with E-state index in [1.807, 2.05) is 0 Å². The molecule has 2 rings (SSSR count). The molecule has 1 amide bonds. The first-order valence-corrected chi connectivity index (χ1v) is 6.43. The molecule has 2 aromatic carbocycles. The van der Waals surface area contributed by atoms with Gasteiger partial charge in [0.25, 0.3) is 5.91 Å². The van der Waals surface area contributed by atoms with Gasteiger partial charge in [-0.3, -0.25) is 4.79 Å². The summed E-state index contributed by atoms with van der Waals surface area (Å²) in [5, 5.41) is 8.94. The van der Waals surface area contributed by atoms with Crippen LogP contribution in [0.4, 0.5) is 4.39 Å². The molecule has 2 N–H and O–H groups in total. The van der Waals surface area contributed by atoms with E-state index in [0.29, 0.717) is 11.5 Å². The van der Waals surface area contributed by atoms with Gasteiger partial charge in [0.05, 0.1) is 0 Å². The minimum absolute atomic E-state index is 0.127. The van der Waals surface area contributed by atoms with Crippen LogP contribution in [-0.2, 0) is 4.79 Å². The van der Waals surface area contributed by atoms with E-state index in [0.717, 1.165) is 0 Å². The van der Waals surface area contributed by atoms with Crippen molar-refractivity contribution in [3.63, 3.8) is 0 Å². The summed E-state index contributed by atoms with van der Waals surface area (Å²) in [6.45, 7) is 1.54. The molecule has 0 saturated carbocycles. The van der Waals surface area contributed by atoms with E-state index in [-0.39, 0.29) is 11.3 Å². The summed E-state index contributed by atoms with van der Waals surface area (Å²) in [6.07, 6.45) is -0.750. The molecule has 112 valence electrons. The van der Waals surface area contributed by atoms with E-state index in [2.05, 4.69) is 0 Å². The average Bonchev–Trinajstić information content (AvgIpc) is 2.49. The molecule has 1 atom stereocenters. The molecule has 0 heterocycles. The van der Waals surface area contributed by atoms with E-state index in [4.69, 9.17) is 20.5 Å². The maximum atomic E-state index is 13.5. The zero-order valence-corrected chi connectivity index (χ0v) is 11.7. The Bertz CT molecular complexity index is 723. The molecule has 0 bridgehead atoms. The number of nitrogens with two attached hydrogens (primary N) is 1. The molecule has 0 aromatic heterocycles. The number of hydrogen-bond acceptors (Lipinski definition) is 4. The number of hydrogen-bond donors (Lipinski definition) is 1. The molecule has 6 heteroatoms. The van der Waals surface area contributed by atoms with Crippen molar-refractivity contribution in [2.45, 2.75) is 13.0 Å². The van der Waals surface area contributed by atoms with Gasteiger partial charge in [0.2, 0.25) is 0 Å². The SMILES string of the molecule is CC(Oc1ccc(Oc2cccc(F)c2C#N)cc1)C(N)=O. The molecule has 22 heavy (non-hydrogen) atoms. The van der Waals surface area contributed by atoms with E-state index < -0.39 is 17.8 Å². The summed E-state index contributed by atoms with van der Waals surface area (Å²) >= 11 is 0. The maximum Gasteiger partial charge on any atom is 0.258 e. The zero-order chi connectivity index (χ0) is 16.1. The fourth-order valence-electron chi connectivity index (χ4n) is 1.67. The normalized spacial score (nSPS) is 11.3. The van der Waals surface area contributed by atoms with Gasteiger partial charge >= 0.3 is 0 Å². The Kier molecular flexibility index (Phi) is 4.59. The molecule has 5 nitrogen and oxygen atoms in total. The Balaban J connectivity index is 2.14. The Hall–Kier alpha value is -3.07. The van der Waals surface area contributed by atoms with Crippen LogP contribution < -0.4 is 15.2 Å². The van der Waals surface area contributed by atoms with Crippen LogP contribution in [0.1, 0.15) is 12.5 Å². The molecule has 0 saturated heterocycles. The average molecular weight is 300 g/mol. The number of halogens is 1. The Morgan fingerprint density at radius 3 is 2.45 bits per heavy atom. The largest absolute Gasteiger partial charge is 0.481 e. The fourth-order valence-corrected chi connectivity index (χ4v) is 1.67. The Labute approximate surface area is 126 Å². The highest BCUT2D eigenvalue weighted by Crippen LogP contribution is 2.28. The van der Waals surface area contributed by atoms with Gasteiger partial charge in [-0.2, -0.15) is 5.26 Å². The van der Waals surface area contributed by atoms with Gasteiger partial charge in [-0.25, -0.2) is 4.39 Å². The predicted molar refractivity (Wildman–Crippen MR) is 76.9 cm³/mol. The van der Waals surface area contributed by atoms with Gasteiger partial charge in [-0.15, -0.1) is 0 Å². The lowest BCUT2D eigenvalue weighted by Crippen LogP contribution is -2.30. The number of benzene rings is 2. The van der Waals surface area contributed by atoms with E-state index in [1.165, 1.54) is 18.2 Å². The lowest BCUT2D eigenvalue weighted by Gasteiger charge is -2.12. The quantitative estimate of drug-likeness (QED) is 0.920. The van der Waals surface area contributed by atoms with Crippen molar-refractivity contribution in [3.8, 4) is 23.3 Å². The molecule has 2 aromatic rings. The van der Waals surface area contributed by atoms with Crippen LogP contribution in [0.5, 0.6) is 17.2 Å². The number of primary amides is 1. The highest BCUT2D eigenvalue weighted by molar-refractivity contribution is 5.78. The van der Waals surface area contributed by atoms with Gasteiger partial charge in [-0.05, 0) is 43.3 Å². The van der Waals surface area contributed by atoms with E-state index >= 15 is 0 Å². The summed E-state index contributed by atoms with van der Waals surface area (Å²) in [5.41, 5.74) is 4.95. The van der Waals surface area contributed by atoms with E-state index in [1.54, 1.807) is 37.3 Å². The van der Waals surface area contributed by atoms with Crippen molar-refractivity contribution >= 4 is 5.91 Å². The zero-order valence-electron chi connectivity index (χ0n) is 11.7. The molecule has 0 radical (unpaired) electrons. The van der Waals surface area contributed by atoms with Crippen LogP contribution in [0, 0.1) is 17.1 Å². The molecule has 0 aliphatic rings. The number of rotatable bonds is 5. The van der Waals surface area contributed by atoms with Gasteiger partial charge in [0.1, 0.15) is 34.7 Å². The third-order valence-corrected chi connectivity index (χ3v) is 2.85. The van der Waals surface area contributed by atoms with Crippen LogP contribution in [0.15, 0.2) is 42.5 Å². The second kappa shape index (κ2) is 6.59. The first kappa shape index (κ1) is 15.3. The van der Waals surface area contributed by atoms with Crippen molar-refractivity contribution in [1.29, 1.82) is 5.26 Å². The first-order chi connectivity index (χ1) is 10.5. The summed E-state index contributed by atoms with van der Waals surface area (Å²) in [4.78, 5) is 10.9. The maximum absolute atomic E-state index is 13.5. The number of amides is 1. The third kappa shape index (κ3) is 3.52. The monoisotopic (exact) mass is 300 g/mol. The highest BCUT2D eigenvalue weighted by atomic mass is 19.1. The first-order valence-electron chi connectivity index (χ1n) is 6.43. The molecular formula is C16H13FN2O3. The van der Waals surface area contributed by atoms with Crippen LogP contribution in [0.25, 0.3) is 0 Å². The van der Waals surface area contributed by atoms with Gasteiger partial charge < -0.3 is 15.2 Å². The number of ether oxygens (including phenoxy) is 2. The van der Waals surface area contributed by atoms with Gasteiger partial charge in [-0.1, -0.05) is 6.07 Å². The van der Waals surface area contributed by atoms with Gasteiger partial charge in [0, 0.05) is 0 Å². The predicted octanol–water partition coefficient (Wildman–Crippen LogP) is 2.74. The second-order valence-corrected chi connectivity index (χ2v) is 4.46. The Morgan fingerprint density at radius 2 is 1.86 bits per heavy atom. The fraction of sp³-hybridized carbons (Fsp3) is 0.125. The van der Waals surface area contributed by atoms with Crippen LogP contribution in [0.2, 0.25) is 0 Å². The van der Waals surface area contributed by atoms with Crippen LogP contribution >= 0.6 is 0 Å². The highest BCUT2D eigenvalue weighted by Gasteiger charge is 2.11. The lowest BCUT2D eigenvalue weighted by molar-refractivity contribution is -0.123. The van der Waals surface area contributed by atoms with Crippen molar-refractivity contribution in [2.75, 3.05) is 0 Å². The molecule has 0 spiro atoms. The van der Waals surface area contributed by atoms with Crippen LogP contribution in [0.3, 0.4) is 0 Å². The minimum atomic E-state index is -0.750. The molecular weight excluding hydrogens is 287 g/mol. The topological polar surface area (TPSA) is 85.3 Å². The standard InChI is InChI=1S/C16H13FN2O3/c1-10(16(19)20)21-11-5-7-12(8-6-11)22-15-4-2-3-14(17)13(15)9-18/h2-8,10H,1H3,(H2,19,20). The van der Waals surface area contributed by atoms with Crippen molar-refractivity contribution in [3.05, 3.63) is 53.8 Å². The minimum Gasteiger partial charge on any atom is -0.481 e. The van der Waals surface area contributed by atoms with Crippen molar-refractivity contribution in [1.82, 2.24) is 0 Å². The Morgan fingerprint density at radius 1 is 1.23 bits per heavy atom. The van der Waals surface area contributed by atoms with Crippen LogP contribution in [-0.4, -0.2) is 12.0 Å². The lowest BCUT2D eigenvalue weighted by atomic mass is 10.2. The van der Waals surface area contributed by atoms with Crippen molar-refractivity contribution in [2.24, 2.45) is 5.73 Å².